The molecule has 0 aliphatic carbocycles. The lowest BCUT2D eigenvalue weighted by Crippen LogP contribution is -2.13. The van der Waals surface area contributed by atoms with E-state index in [1.807, 2.05) is 54.6 Å². The number of hydrogen-bond donors (Lipinski definition) is 2. The number of ether oxygens (including phenoxy) is 2. The van der Waals surface area contributed by atoms with E-state index >= 15 is 0 Å². The van der Waals surface area contributed by atoms with Crippen LogP contribution >= 0.6 is 11.6 Å². The number of fused-ring (bicyclic) bond motifs is 3. The Morgan fingerprint density at radius 2 is 1.89 bits per heavy atom. The number of pyridine rings is 1. The monoisotopic (exact) mass is 528 g/mol. The van der Waals surface area contributed by atoms with Crippen LogP contribution in [0, 0.1) is 10.1 Å². The number of para-hydroxylation sites is 1. The van der Waals surface area contributed by atoms with E-state index in [0.717, 1.165) is 38.8 Å². The molecule has 9 nitrogen and oxygen atoms in total. The largest absolute Gasteiger partial charge is 0.454 e. The summed E-state index contributed by atoms with van der Waals surface area (Å²) < 4.78 is 10.5. The first kappa shape index (κ1) is 23.7. The van der Waals surface area contributed by atoms with Gasteiger partial charge < -0.3 is 19.8 Å². The van der Waals surface area contributed by atoms with Crippen LogP contribution in [0.2, 0.25) is 5.02 Å². The van der Waals surface area contributed by atoms with Gasteiger partial charge in [0, 0.05) is 33.8 Å². The van der Waals surface area contributed by atoms with Crippen molar-refractivity contribution in [2.24, 2.45) is 0 Å². The number of carbonyl (C=O) groups is 1. The summed E-state index contributed by atoms with van der Waals surface area (Å²) >= 11 is 6.31. The van der Waals surface area contributed by atoms with Gasteiger partial charge >= 0.3 is 0 Å². The van der Waals surface area contributed by atoms with Gasteiger partial charge in [-0.25, -0.2) is 4.98 Å². The fourth-order valence-electron chi connectivity index (χ4n) is 4.72. The number of aromatic amines is 1. The topological polar surface area (TPSA) is 119 Å². The molecule has 190 valence electrons. The number of rotatable bonds is 7. The lowest BCUT2D eigenvalue weighted by molar-refractivity contribution is -0.384. The number of aromatic nitrogens is 2. The van der Waals surface area contributed by atoms with Gasteiger partial charge in [0.25, 0.3) is 5.69 Å². The average molecular weight is 529 g/mol. The number of nitro groups is 1. The average Bonchev–Trinajstić information content (AvgIpc) is 3.52. The van der Waals surface area contributed by atoms with Crippen LogP contribution < -0.4 is 14.8 Å². The minimum Gasteiger partial charge on any atom is -0.454 e. The number of aryl methyl sites for hydroxylation is 1. The fraction of sp³-hybridized carbons (Fsp3) is 0.143. The quantitative estimate of drug-likeness (QED) is 0.180. The highest BCUT2D eigenvalue weighted by Crippen LogP contribution is 2.40. The van der Waals surface area contributed by atoms with E-state index in [4.69, 9.17) is 26.1 Å². The van der Waals surface area contributed by atoms with Gasteiger partial charge in [0.1, 0.15) is 5.69 Å². The summed E-state index contributed by atoms with van der Waals surface area (Å²) in [7, 11) is 0. The Labute approximate surface area is 221 Å². The van der Waals surface area contributed by atoms with E-state index in [0.29, 0.717) is 23.6 Å². The van der Waals surface area contributed by atoms with Crippen molar-refractivity contribution < 1.29 is 19.2 Å². The van der Waals surface area contributed by atoms with Crippen LogP contribution in [0.25, 0.3) is 33.2 Å². The molecule has 1 amide bonds. The SMILES string of the molecule is O=C(CCCc1c(-c2ccc3ccccc3n2)[nH]c2ccc(Cl)cc12)Nc1cc2c(cc1[N+](=O)[O-])OCO2. The van der Waals surface area contributed by atoms with Crippen molar-refractivity contribution in [3.63, 3.8) is 0 Å². The summed E-state index contributed by atoms with van der Waals surface area (Å²) in [6.45, 7) is -0.0209. The summed E-state index contributed by atoms with van der Waals surface area (Å²) in [5, 5.41) is 16.8. The molecule has 1 aliphatic rings. The van der Waals surface area contributed by atoms with Gasteiger partial charge in [-0.15, -0.1) is 0 Å². The van der Waals surface area contributed by atoms with E-state index in [9.17, 15) is 14.9 Å². The van der Waals surface area contributed by atoms with Crippen LogP contribution in [0.1, 0.15) is 18.4 Å². The van der Waals surface area contributed by atoms with Crippen molar-refractivity contribution in [3.05, 3.63) is 87.4 Å². The number of carbonyl (C=O) groups excluding carboxylic acids is 1. The molecule has 6 rings (SSSR count). The Kier molecular flexibility index (Phi) is 6.05. The second-order valence-electron chi connectivity index (χ2n) is 8.94. The maximum atomic E-state index is 12.8. The molecule has 0 radical (unpaired) electrons. The summed E-state index contributed by atoms with van der Waals surface area (Å²) in [5.74, 6) is 0.298. The molecule has 2 aromatic heterocycles. The van der Waals surface area contributed by atoms with Gasteiger partial charge in [0.15, 0.2) is 11.5 Å². The molecular weight excluding hydrogens is 508 g/mol. The van der Waals surface area contributed by atoms with Gasteiger partial charge in [0.05, 0.1) is 27.9 Å². The van der Waals surface area contributed by atoms with Gasteiger partial charge in [-0.1, -0.05) is 35.9 Å². The third-order valence-corrected chi connectivity index (χ3v) is 6.75. The number of H-pyrrole nitrogens is 1. The highest BCUT2D eigenvalue weighted by atomic mass is 35.5. The highest BCUT2D eigenvalue weighted by molar-refractivity contribution is 6.31. The van der Waals surface area contributed by atoms with Gasteiger partial charge in [-0.2, -0.15) is 0 Å². The van der Waals surface area contributed by atoms with Crippen molar-refractivity contribution in [2.45, 2.75) is 19.3 Å². The van der Waals surface area contributed by atoms with Crippen molar-refractivity contribution >= 4 is 50.7 Å². The molecule has 10 heteroatoms. The van der Waals surface area contributed by atoms with Gasteiger partial charge in [0.2, 0.25) is 12.7 Å². The second-order valence-corrected chi connectivity index (χ2v) is 9.38. The van der Waals surface area contributed by atoms with Crippen molar-refractivity contribution in [1.29, 1.82) is 0 Å². The number of anilines is 1. The lowest BCUT2D eigenvalue weighted by Gasteiger charge is -2.09. The molecule has 38 heavy (non-hydrogen) atoms. The molecule has 0 bridgehead atoms. The number of benzene rings is 3. The van der Waals surface area contributed by atoms with Crippen molar-refractivity contribution in [1.82, 2.24) is 9.97 Å². The first-order chi connectivity index (χ1) is 18.5. The maximum Gasteiger partial charge on any atom is 0.296 e. The van der Waals surface area contributed by atoms with E-state index in [1.54, 1.807) is 0 Å². The molecule has 3 aromatic carbocycles. The molecule has 0 fully saturated rings. The first-order valence-electron chi connectivity index (χ1n) is 12.0. The van der Waals surface area contributed by atoms with Crippen molar-refractivity contribution in [3.8, 4) is 22.9 Å². The number of amides is 1. The Bertz CT molecular complexity index is 1730. The van der Waals surface area contributed by atoms with Crippen LogP contribution in [-0.4, -0.2) is 27.6 Å². The smallest absolute Gasteiger partial charge is 0.296 e. The zero-order valence-electron chi connectivity index (χ0n) is 20.0. The van der Waals surface area contributed by atoms with Gasteiger partial charge in [-0.05, 0) is 48.7 Å². The molecule has 2 N–H and O–H groups in total. The summed E-state index contributed by atoms with van der Waals surface area (Å²) in [5.41, 5.74) is 4.31. The van der Waals surface area contributed by atoms with E-state index in [2.05, 4.69) is 10.3 Å². The Balaban J connectivity index is 1.24. The fourth-order valence-corrected chi connectivity index (χ4v) is 4.90. The third kappa shape index (κ3) is 4.48. The third-order valence-electron chi connectivity index (χ3n) is 6.52. The van der Waals surface area contributed by atoms with E-state index < -0.39 is 4.92 Å². The molecule has 0 saturated heterocycles. The van der Waals surface area contributed by atoms with Crippen LogP contribution in [0.15, 0.2) is 66.7 Å². The Morgan fingerprint density at radius 3 is 2.74 bits per heavy atom. The molecule has 3 heterocycles. The van der Waals surface area contributed by atoms with Crippen LogP contribution in [-0.2, 0) is 11.2 Å². The predicted octanol–water partition coefficient (Wildman–Crippen LogP) is 6.63. The molecule has 5 aromatic rings. The lowest BCUT2D eigenvalue weighted by atomic mass is 10.0. The first-order valence-corrected chi connectivity index (χ1v) is 12.4. The maximum absolute atomic E-state index is 12.8. The molecular formula is C28H21ClN4O5. The molecule has 0 atom stereocenters. The van der Waals surface area contributed by atoms with Gasteiger partial charge in [-0.3, -0.25) is 14.9 Å². The van der Waals surface area contributed by atoms with Crippen LogP contribution in [0.4, 0.5) is 11.4 Å². The molecule has 0 unspecified atom stereocenters. The number of nitrogens with zero attached hydrogens (tertiary/aromatic N) is 2. The summed E-state index contributed by atoms with van der Waals surface area (Å²) in [6, 6.07) is 20.3. The standard InChI is InChI=1S/C28H21ClN4O5/c29-17-9-11-21-19(12-17)18(28(32-21)22-10-8-16-4-1-2-6-20(16)30-22)5-3-7-27(34)31-23-13-25-26(38-15-37-25)14-24(23)33(35)36/h1-2,4,6,8-14,32H,3,5,7,15H2,(H,31,34). The number of nitrogens with one attached hydrogen (secondary N) is 2. The minimum atomic E-state index is -0.559. The zero-order valence-corrected chi connectivity index (χ0v) is 20.7. The number of nitro benzene ring substituents is 1. The Morgan fingerprint density at radius 1 is 1.08 bits per heavy atom. The normalized spacial score (nSPS) is 12.2. The molecule has 0 saturated carbocycles. The van der Waals surface area contributed by atoms with E-state index in [1.165, 1.54) is 12.1 Å². The van der Waals surface area contributed by atoms with Crippen molar-refractivity contribution in [2.75, 3.05) is 12.1 Å². The van der Waals surface area contributed by atoms with E-state index in [-0.39, 0.29) is 36.2 Å². The molecule has 1 aliphatic heterocycles. The van der Waals surface area contributed by atoms with Crippen LogP contribution in [0.3, 0.4) is 0 Å². The summed E-state index contributed by atoms with van der Waals surface area (Å²) in [4.78, 5) is 32.1. The second kappa shape index (κ2) is 9.68. The number of hydrogen-bond acceptors (Lipinski definition) is 6. The van der Waals surface area contributed by atoms with Crippen LogP contribution in [0.5, 0.6) is 11.5 Å². The molecule has 0 spiro atoms. The summed E-state index contributed by atoms with van der Waals surface area (Å²) in [6.07, 6.45) is 1.23. The zero-order chi connectivity index (χ0) is 26.2. The number of halogens is 1. The predicted molar refractivity (Wildman–Crippen MR) is 145 cm³/mol. The minimum absolute atomic E-state index is 0.0209. The highest BCUT2D eigenvalue weighted by Gasteiger charge is 2.24. The Hall–Kier alpha value is -4.63.